The van der Waals surface area contributed by atoms with Crippen molar-refractivity contribution in [3.8, 4) is 0 Å². The molecule has 1 aliphatic heterocycles. The van der Waals surface area contributed by atoms with Gasteiger partial charge in [0.2, 0.25) is 5.91 Å². The lowest BCUT2D eigenvalue weighted by Crippen LogP contribution is -2.48. The second-order valence-corrected chi connectivity index (χ2v) is 7.85. The molecule has 0 radical (unpaired) electrons. The maximum atomic E-state index is 13.2. The number of fused-ring (bicyclic) bond motifs is 1. The van der Waals surface area contributed by atoms with E-state index in [-0.39, 0.29) is 24.4 Å². The van der Waals surface area contributed by atoms with Gasteiger partial charge in [0.05, 0.1) is 13.2 Å². The number of hydrogen-bond donors (Lipinski definition) is 0. The Morgan fingerprint density at radius 1 is 1.25 bits per heavy atom. The van der Waals surface area contributed by atoms with Crippen LogP contribution in [0.1, 0.15) is 31.1 Å². The predicted octanol–water partition coefficient (Wildman–Crippen LogP) is 3.80. The summed E-state index contributed by atoms with van der Waals surface area (Å²) in [5, 5.41) is 0.629. The molecule has 7 heteroatoms. The number of hydrogen-bond acceptors (Lipinski definition) is 3. The summed E-state index contributed by atoms with van der Waals surface area (Å²) in [4.78, 5) is 28.7. The molecule has 1 unspecified atom stereocenters. The number of amides is 2. The molecule has 0 saturated heterocycles. The first-order valence-corrected chi connectivity index (χ1v) is 9.81. The van der Waals surface area contributed by atoms with Crippen molar-refractivity contribution in [2.45, 2.75) is 26.4 Å². The van der Waals surface area contributed by atoms with Crippen molar-refractivity contribution >= 4 is 23.6 Å². The highest BCUT2D eigenvalue weighted by molar-refractivity contribution is 6.30. The lowest BCUT2D eigenvalue weighted by molar-refractivity contribution is -0.134. The third kappa shape index (κ3) is 4.33. The van der Waals surface area contributed by atoms with Gasteiger partial charge in [0.25, 0.3) is 0 Å². The molecule has 0 aliphatic carbocycles. The molecule has 28 heavy (non-hydrogen) atoms. The molecule has 0 saturated carbocycles. The van der Waals surface area contributed by atoms with Crippen molar-refractivity contribution in [3.63, 3.8) is 0 Å². The minimum absolute atomic E-state index is 0.0113. The Bertz CT molecular complexity index is 849. The summed E-state index contributed by atoms with van der Waals surface area (Å²) in [6.07, 6.45) is 1.54. The average Bonchev–Trinajstić information content (AvgIpc) is 3.14. The van der Waals surface area contributed by atoms with E-state index in [1.165, 1.54) is 12.0 Å². The molecular weight excluding hydrogens is 378 g/mol. The Hall–Kier alpha value is -2.47. The number of halogens is 1. The number of rotatable bonds is 5. The number of benzene rings is 1. The van der Waals surface area contributed by atoms with E-state index in [9.17, 15) is 9.59 Å². The fourth-order valence-corrected chi connectivity index (χ4v) is 3.91. The number of carbonyl (C=O) groups is 2. The van der Waals surface area contributed by atoms with Crippen LogP contribution in [0.4, 0.5) is 4.79 Å². The lowest BCUT2D eigenvalue weighted by Gasteiger charge is -2.38. The first-order valence-electron chi connectivity index (χ1n) is 9.43. The van der Waals surface area contributed by atoms with Crippen LogP contribution in [0.3, 0.4) is 0 Å². The first kappa shape index (κ1) is 20.3. The van der Waals surface area contributed by atoms with E-state index in [1.807, 2.05) is 61.3 Å². The van der Waals surface area contributed by atoms with Crippen LogP contribution in [0.2, 0.25) is 5.02 Å². The second-order valence-electron chi connectivity index (χ2n) is 7.42. The average molecular weight is 404 g/mol. The fraction of sp³-hybridized carbons (Fsp3) is 0.429. The smallest absolute Gasteiger partial charge is 0.409 e. The molecular formula is C21H26ClN3O3. The molecule has 1 atom stereocenters. The minimum Gasteiger partial charge on any atom is -0.453 e. The zero-order valence-electron chi connectivity index (χ0n) is 16.5. The zero-order chi connectivity index (χ0) is 20.3. The Morgan fingerprint density at radius 3 is 2.71 bits per heavy atom. The van der Waals surface area contributed by atoms with Crippen LogP contribution >= 0.6 is 11.6 Å². The molecule has 2 heterocycles. The van der Waals surface area contributed by atoms with Crippen molar-refractivity contribution < 1.29 is 14.3 Å². The third-order valence-electron chi connectivity index (χ3n) is 4.87. The molecule has 6 nitrogen and oxygen atoms in total. The quantitative estimate of drug-likeness (QED) is 0.763. The van der Waals surface area contributed by atoms with Crippen LogP contribution in [0.25, 0.3) is 0 Å². The third-order valence-corrected chi connectivity index (χ3v) is 5.10. The highest BCUT2D eigenvalue weighted by Crippen LogP contribution is 2.33. The van der Waals surface area contributed by atoms with E-state index in [4.69, 9.17) is 16.3 Å². The van der Waals surface area contributed by atoms with Crippen molar-refractivity contribution in [2.75, 3.05) is 26.7 Å². The molecule has 3 rings (SSSR count). The van der Waals surface area contributed by atoms with Crippen LogP contribution in [0.5, 0.6) is 0 Å². The maximum Gasteiger partial charge on any atom is 0.409 e. The van der Waals surface area contributed by atoms with E-state index < -0.39 is 6.09 Å². The Kier molecular flexibility index (Phi) is 6.29. The Morgan fingerprint density at radius 2 is 2.04 bits per heavy atom. The van der Waals surface area contributed by atoms with Gasteiger partial charge in [-0.1, -0.05) is 37.6 Å². The van der Waals surface area contributed by atoms with Crippen LogP contribution in [-0.4, -0.2) is 53.1 Å². The zero-order valence-corrected chi connectivity index (χ0v) is 17.2. The molecule has 2 amide bonds. The molecule has 0 bridgehead atoms. The van der Waals surface area contributed by atoms with Gasteiger partial charge in [0.15, 0.2) is 0 Å². The standard InChI is InChI=1S/C21H26ClN3O3/c1-15(2)13-24(21(27)28-3)14-19(26)25-11-10-23-9-5-8-18(23)20(25)16-6-4-7-17(22)12-16/h4-9,12,15,20H,10-11,13-14H2,1-3H3. The molecule has 150 valence electrons. The summed E-state index contributed by atoms with van der Waals surface area (Å²) in [5.41, 5.74) is 1.99. The first-order chi connectivity index (χ1) is 13.4. The molecule has 0 fully saturated rings. The van der Waals surface area contributed by atoms with E-state index in [1.54, 1.807) is 0 Å². The second kappa shape index (κ2) is 8.69. The molecule has 1 aromatic carbocycles. The van der Waals surface area contributed by atoms with E-state index >= 15 is 0 Å². The normalized spacial score (nSPS) is 16.0. The Balaban J connectivity index is 1.90. The van der Waals surface area contributed by atoms with Gasteiger partial charge < -0.3 is 14.2 Å². The van der Waals surface area contributed by atoms with E-state index in [2.05, 4.69) is 4.57 Å². The minimum atomic E-state index is -0.484. The molecule has 0 N–H and O–H groups in total. The van der Waals surface area contributed by atoms with Gasteiger partial charge in [0, 0.05) is 36.5 Å². The fourth-order valence-electron chi connectivity index (χ4n) is 3.71. The van der Waals surface area contributed by atoms with Gasteiger partial charge in [-0.3, -0.25) is 9.69 Å². The van der Waals surface area contributed by atoms with Gasteiger partial charge in [-0.15, -0.1) is 0 Å². The molecule has 1 aromatic heterocycles. The van der Waals surface area contributed by atoms with Crippen LogP contribution in [-0.2, 0) is 16.1 Å². The van der Waals surface area contributed by atoms with Gasteiger partial charge >= 0.3 is 6.09 Å². The Labute approximate surface area is 170 Å². The van der Waals surface area contributed by atoms with E-state index in [0.717, 1.165) is 11.3 Å². The van der Waals surface area contributed by atoms with Crippen molar-refractivity contribution in [1.29, 1.82) is 0 Å². The van der Waals surface area contributed by atoms with Crippen molar-refractivity contribution in [3.05, 3.63) is 58.9 Å². The van der Waals surface area contributed by atoms with E-state index in [0.29, 0.717) is 24.7 Å². The monoisotopic (exact) mass is 403 g/mol. The molecule has 2 aromatic rings. The number of nitrogens with zero attached hydrogens (tertiary/aromatic N) is 3. The van der Waals surface area contributed by atoms with Gasteiger partial charge in [-0.25, -0.2) is 4.79 Å². The molecule has 0 spiro atoms. The van der Waals surface area contributed by atoms with Gasteiger partial charge in [0.1, 0.15) is 6.54 Å². The van der Waals surface area contributed by atoms with Gasteiger partial charge in [-0.05, 0) is 35.7 Å². The summed E-state index contributed by atoms with van der Waals surface area (Å²) < 4.78 is 7.02. The number of methoxy groups -OCH3 is 1. The number of ether oxygens (including phenoxy) is 1. The largest absolute Gasteiger partial charge is 0.453 e. The van der Waals surface area contributed by atoms with Gasteiger partial charge in [-0.2, -0.15) is 0 Å². The van der Waals surface area contributed by atoms with Crippen molar-refractivity contribution in [2.24, 2.45) is 5.92 Å². The topological polar surface area (TPSA) is 54.8 Å². The summed E-state index contributed by atoms with van der Waals surface area (Å²) in [7, 11) is 1.34. The predicted molar refractivity (Wildman–Crippen MR) is 108 cm³/mol. The summed E-state index contributed by atoms with van der Waals surface area (Å²) in [6.45, 7) is 5.74. The maximum absolute atomic E-state index is 13.2. The summed E-state index contributed by atoms with van der Waals surface area (Å²) in [5.74, 6) is 0.123. The lowest BCUT2D eigenvalue weighted by atomic mass is 9.99. The highest BCUT2D eigenvalue weighted by atomic mass is 35.5. The SMILES string of the molecule is COC(=O)N(CC(=O)N1CCn2cccc2C1c1cccc(Cl)c1)CC(C)C. The summed E-state index contributed by atoms with van der Waals surface area (Å²) >= 11 is 6.21. The number of aromatic nitrogens is 1. The van der Waals surface area contributed by atoms with Crippen LogP contribution < -0.4 is 0 Å². The summed E-state index contributed by atoms with van der Waals surface area (Å²) in [6, 6.07) is 11.3. The van der Waals surface area contributed by atoms with Crippen molar-refractivity contribution in [1.82, 2.24) is 14.4 Å². The van der Waals surface area contributed by atoms with Crippen LogP contribution in [0, 0.1) is 5.92 Å². The molecule has 1 aliphatic rings. The van der Waals surface area contributed by atoms with Crippen LogP contribution in [0.15, 0.2) is 42.6 Å². The highest BCUT2D eigenvalue weighted by Gasteiger charge is 2.33. The number of carbonyl (C=O) groups excluding carboxylic acids is 2.